The molecule has 3 rings (SSSR count). The fraction of sp³-hybridized carbons (Fsp3) is 0.529. The topological polar surface area (TPSA) is 12.5 Å². The van der Waals surface area contributed by atoms with Crippen molar-refractivity contribution < 1.29 is 4.74 Å². The fourth-order valence-corrected chi connectivity index (χ4v) is 3.35. The van der Waals surface area contributed by atoms with Gasteiger partial charge in [0, 0.05) is 18.8 Å². The first-order chi connectivity index (χ1) is 9.36. The first-order valence-electron chi connectivity index (χ1n) is 7.45. The molecule has 0 aromatic heterocycles. The highest BCUT2D eigenvalue weighted by Gasteiger charge is 2.22. The molecule has 1 heterocycles. The number of nitrogens with zero attached hydrogens (tertiary/aromatic N) is 1. The van der Waals surface area contributed by atoms with Gasteiger partial charge in [0.2, 0.25) is 0 Å². The largest absolute Gasteiger partial charge is 0.497 e. The van der Waals surface area contributed by atoms with E-state index in [1.54, 1.807) is 18.4 Å². The van der Waals surface area contributed by atoms with Gasteiger partial charge in [-0.3, -0.25) is 0 Å². The summed E-state index contributed by atoms with van der Waals surface area (Å²) in [5.74, 6) is 0.944. The maximum absolute atomic E-state index is 5.22. The lowest BCUT2D eigenvalue weighted by molar-refractivity contribution is 0.282. The minimum atomic E-state index is 0.944. The van der Waals surface area contributed by atoms with E-state index in [9.17, 15) is 0 Å². The zero-order valence-electron chi connectivity index (χ0n) is 11.8. The molecule has 19 heavy (non-hydrogen) atoms. The second kappa shape index (κ2) is 5.68. The van der Waals surface area contributed by atoms with E-state index in [4.69, 9.17) is 4.74 Å². The number of methoxy groups -OCH3 is 1. The summed E-state index contributed by atoms with van der Waals surface area (Å²) in [5, 5.41) is 0. The molecule has 0 radical (unpaired) electrons. The molecule has 1 aliphatic carbocycles. The molecule has 0 amide bonds. The summed E-state index contributed by atoms with van der Waals surface area (Å²) < 4.78 is 5.22. The van der Waals surface area contributed by atoms with Gasteiger partial charge in [-0.1, -0.05) is 17.7 Å². The highest BCUT2D eigenvalue weighted by molar-refractivity contribution is 5.28. The van der Waals surface area contributed by atoms with Crippen LogP contribution in [0.15, 0.2) is 35.5 Å². The van der Waals surface area contributed by atoms with Crippen molar-refractivity contribution >= 4 is 0 Å². The minimum absolute atomic E-state index is 0.944. The minimum Gasteiger partial charge on any atom is -0.497 e. The number of ether oxygens (including phenoxy) is 1. The van der Waals surface area contributed by atoms with E-state index in [0.29, 0.717) is 0 Å². The fourth-order valence-electron chi connectivity index (χ4n) is 3.35. The monoisotopic (exact) mass is 257 g/mol. The van der Waals surface area contributed by atoms with Crippen molar-refractivity contribution in [3.8, 4) is 5.75 Å². The molecule has 0 unspecified atom stereocenters. The second-order valence-corrected chi connectivity index (χ2v) is 5.63. The molecule has 0 saturated carbocycles. The molecule has 0 atom stereocenters. The summed E-state index contributed by atoms with van der Waals surface area (Å²) in [6.07, 6.45) is 8.08. The highest BCUT2D eigenvalue weighted by atomic mass is 16.5. The van der Waals surface area contributed by atoms with Crippen LogP contribution in [0.1, 0.15) is 44.1 Å². The zero-order chi connectivity index (χ0) is 13.1. The first-order valence-corrected chi connectivity index (χ1v) is 7.45. The zero-order valence-corrected chi connectivity index (χ0v) is 11.8. The van der Waals surface area contributed by atoms with Gasteiger partial charge in [-0.25, -0.2) is 0 Å². The maximum Gasteiger partial charge on any atom is 0.118 e. The van der Waals surface area contributed by atoms with Gasteiger partial charge in [0.15, 0.2) is 0 Å². The Bertz CT molecular complexity index is 457. The predicted molar refractivity (Wildman–Crippen MR) is 78.1 cm³/mol. The second-order valence-electron chi connectivity index (χ2n) is 5.63. The Morgan fingerprint density at radius 3 is 2.53 bits per heavy atom. The normalized spacial score (nSPS) is 19.3. The molecule has 0 spiro atoms. The van der Waals surface area contributed by atoms with Crippen LogP contribution in [0.5, 0.6) is 5.75 Å². The van der Waals surface area contributed by atoms with E-state index in [2.05, 4.69) is 29.2 Å². The van der Waals surface area contributed by atoms with Crippen molar-refractivity contribution in [2.75, 3.05) is 13.7 Å². The maximum atomic E-state index is 5.22. The van der Waals surface area contributed by atoms with E-state index in [0.717, 1.165) is 12.3 Å². The van der Waals surface area contributed by atoms with Crippen LogP contribution in [0.25, 0.3) is 0 Å². The summed E-state index contributed by atoms with van der Waals surface area (Å²) in [4.78, 5) is 2.61. The van der Waals surface area contributed by atoms with E-state index >= 15 is 0 Å². The lowest BCUT2D eigenvalue weighted by Crippen LogP contribution is -2.29. The molecule has 0 saturated heterocycles. The van der Waals surface area contributed by atoms with Crippen molar-refractivity contribution in [2.45, 2.75) is 45.1 Å². The van der Waals surface area contributed by atoms with Gasteiger partial charge in [-0.15, -0.1) is 0 Å². The van der Waals surface area contributed by atoms with Crippen LogP contribution in [0.2, 0.25) is 0 Å². The number of hydrogen-bond donors (Lipinski definition) is 0. The van der Waals surface area contributed by atoms with Crippen LogP contribution in [-0.4, -0.2) is 18.6 Å². The third-order valence-corrected chi connectivity index (χ3v) is 4.37. The summed E-state index contributed by atoms with van der Waals surface area (Å²) in [5.41, 5.74) is 4.79. The molecule has 2 heteroatoms. The first kappa shape index (κ1) is 12.6. The third-order valence-electron chi connectivity index (χ3n) is 4.37. The number of rotatable bonds is 3. The molecule has 102 valence electrons. The van der Waals surface area contributed by atoms with Gasteiger partial charge in [0.1, 0.15) is 5.75 Å². The van der Waals surface area contributed by atoms with Crippen molar-refractivity contribution in [1.82, 2.24) is 4.90 Å². The Morgan fingerprint density at radius 2 is 1.74 bits per heavy atom. The van der Waals surface area contributed by atoms with Crippen LogP contribution in [0.4, 0.5) is 0 Å². The average Bonchev–Trinajstić information content (AvgIpc) is 2.48. The standard InChI is InChI=1S/C17H23NO/c1-19-16-10-8-14(9-11-16)13-18-12-4-6-15-5-2-3-7-17(15)18/h8-11H,2-7,12-13H2,1H3. The molecule has 0 bridgehead atoms. The van der Waals surface area contributed by atoms with Crippen LogP contribution in [0.3, 0.4) is 0 Å². The van der Waals surface area contributed by atoms with E-state index in [-0.39, 0.29) is 0 Å². The molecule has 1 aromatic rings. The van der Waals surface area contributed by atoms with Crippen LogP contribution in [0, 0.1) is 0 Å². The Labute approximate surface area is 116 Å². The molecule has 2 nitrogen and oxygen atoms in total. The Kier molecular flexibility index (Phi) is 3.77. The number of benzene rings is 1. The Morgan fingerprint density at radius 1 is 1.00 bits per heavy atom. The van der Waals surface area contributed by atoms with Gasteiger partial charge in [0.05, 0.1) is 7.11 Å². The molecule has 2 aliphatic rings. The Balaban J connectivity index is 1.74. The molecule has 1 aromatic carbocycles. The third kappa shape index (κ3) is 2.78. The van der Waals surface area contributed by atoms with E-state index < -0.39 is 0 Å². The molecule has 0 N–H and O–H groups in total. The number of allylic oxidation sites excluding steroid dienone is 2. The van der Waals surface area contributed by atoms with Crippen molar-refractivity contribution in [3.05, 3.63) is 41.1 Å². The quantitative estimate of drug-likeness (QED) is 0.807. The lowest BCUT2D eigenvalue weighted by Gasteiger charge is -2.36. The van der Waals surface area contributed by atoms with Gasteiger partial charge in [0.25, 0.3) is 0 Å². The molecular formula is C17H23NO. The summed E-state index contributed by atoms with van der Waals surface area (Å²) in [7, 11) is 1.72. The SMILES string of the molecule is COc1ccc(CN2CCCC3=C2CCCC3)cc1. The van der Waals surface area contributed by atoms with Crippen molar-refractivity contribution in [3.63, 3.8) is 0 Å². The van der Waals surface area contributed by atoms with Crippen molar-refractivity contribution in [1.29, 1.82) is 0 Å². The Hall–Kier alpha value is -1.44. The van der Waals surface area contributed by atoms with Gasteiger partial charge in [-0.2, -0.15) is 0 Å². The predicted octanol–water partition coefficient (Wildman–Crippen LogP) is 4.12. The van der Waals surface area contributed by atoms with Gasteiger partial charge >= 0.3 is 0 Å². The van der Waals surface area contributed by atoms with E-state index in [1.165, 1.54) is 50.6 Å². The number of hydrogen-bond acceptors (Lipinski definition) is 2. The molecular weight excluding hydrogens is 234 g/mol. The average molecular weight is 257 g/mol. The lowest BCUT2D eigenvalue weighted by atomic mass is 9.89. The summed E-state index contributed by atoms with van der Waals surface area (Å²) in [6.45, 7) is 2.29. The summed E-state index contributed by atoms with van der Waals surface area (Å²) in [6, 6.07) is 8.51. The van der Waals surface area contributed by atoms with Crippen LogP contribution >= 0.6 is 0 Å². The van der Waals surface area contributed by atoms with Gasteiger partial charge < -0.3 is 9.64 Å². The molecule has 1 aliphatic heterocycles. The van der Waals surface area contributed by atoms with Gasteiger partial charge in [-0.05, 0) is 56.2 Å². The van der Waals surface area contributed by atoms with Crippen LogP contribution < -0.4 is 4.74 Å². The molecule has 0 fully saturated rings. The van der Waals surface area contributed by atoms with E-state index in [1.807, 2.05) is 0 Å². The highest BCUT2D eigenvalue weighted by Crippen LogP contribution is 2.34. The van der Waals surface area contributed by atoms with Crippen molar-refractivity contribution in [2.24, 2.45) is 0 Å². The van der Waals surface area contributed by atoms with Crippen LogP contribution in [-0.2, 0) is 6.54 Å². The summed E-state index contributed by atoms with van der Waals surface area (Å²) >= 11 is 0. The smallest absolute Gasteiger partial charge is 0.118 e.